The van der Waals surface area contributed by atoms with E-state index in [1.54, 1.807) is 0 Å². The van der Waals surface area contributed by atoms with Crippen molar-refractivity contribution in [2.45, 2.75) is 6.54 Å². The normalized spacial score (nSPS) is 12.0. The van der Waals surface area contributed by atoms with E-state index in [2.05, 4.69) is 83.6 Å². The SMILES string of the molecule is c1ccc(-c2ccccc2-c2cn3c(n2)-c2ccccc2C3)cc1. The molecular weight excluding hydrogens is 292 g/mol. The summed E-state index contributed by atoms with van der Waals surface area (Å²) in [5.41, 5.74) is 7.27. The Bertz CT molecular complexity index is 1030. The van der Waals surface area contributed by atoms with Gasteiger partial charge in [-0.2, -0.15) is 0 Å². The van der Waals surface area contributed by atoms with Gasteiger partial charge in [-0.15, -0.1) is 0 Å². The maximum atomic E-state index is 4.95. The van der Waals surface area contributed by atoms with E-state index in [9.17, 15) is 0 Å². The fourth-order valence-corrected chi connectivity index (χ4v) is 3.52. The van der Waals surface area contributed by atoms with Crippen LogP contribution in [0, 0.1) is 0 Å². The molecule has 1 aliphatic heterocycles. The number of aromatic nitrogens is 2. The third-order valence-electron chi connectivity index (χ3n) is 4.66. The molecule has 2 nitrogen and oxygen atoms in total. The molecule has 0 aliphatic carbocycles. The first-order valence-electron chi connectivity index (χ1n) is 8.20. The van der Waals surface area contributed by atoms with Gasteiger partial charge in [-0.05, 0) is 16.7 Å². The minimum Gasteiger partial charge on any atom is -0.326 e. The summed E-state index contributed by atoms with van der Waals surface area (Å²) in [7, 11) is 0. The fraction of sp³-hybridized carbons (Fsp3) is 0.0455. The predicted molar refractivity (Wildman–Crippen MR) is 97.6 cm³/mol. The van der Waals surface area contributed by atoms with Crippen molar-refractivity contribution in [2.75, 3.05) is 0 Å². The molecule has 0 fully saturated rings. The molecule has 114 valence electrons. The van der Waals surface area contributed by atoms with Crippen LogP contribution < -0.4 is 0 Å². The summed E-state index contributed by atoms with van der Waals surface area (Å²) >= 11 is 0. The van der Waals surface area contributed by atoms with Crippen LogP contribution in [0.4, 0.5) is 0 Å². The molecule has 0 N–H and O–H groups in total. The Morgan fingerprint density at radius 1 is 0.667 bits per heavy atom. The average molecular weight is 308 g/mol. The van der Waals surface area contributed by atoms with Gasteiger partial charge in [0.05, 0.1) is 5.69 Å². The molecule has 0 amide bonds. The van der Waals surface area contributed by atoms with Gasteiger partial charge in [0, 0.05) is 23.9 Å². The zero-order valence-corrected chi connectivity index (χ0v) is 13.2. The molecule has 5 rings (SSSR count). The van der Waals surface area contributed by atoms with Crippen LogP contribution >= 0.6 is 0 Å². The van der Waals surface area contributed by atoms with Crippen molar-refractivity contribution in [3.63, 3.8) is 0 Å². The zero-order chi connectivity index (χ0) is 15.9. The number of hydrogen-bond acceptors (Lipinski definition) is 1. The molecule has 2 heterocycles. The molecule has 0 atom stereocenters. The standard InChI is InChI=1S/C22H16N2/c1-2-8-16(9-3-1)18-11-6-7-13-20(18)21-15-24-14-17-10-4-5-12-19(17)22(24)23-21/h1-13,15H,14H2. The van der Waals surface area contributed by atoms with E-state index in [4.69, 9.17) is 4.98 Å². The number of rotatable bonds is 2. The molecule has 24 heavy (non-hydrogen) atoms. The molecule has 0 saturated carbocycles. The minimum absolute atomic E-state index is 0.909. The van der Waals surface area contributed by atoms with Crippen molar-refractivity contribution in [3.05, 3.63) is 90.6 Å². The van der Waals surface area contributed by atoms with Gasteiger partial charge in [-0.1, -0.05) is 78.9 Å². The molecule has 1 aliphatic rings. The lowest BCUT2D eigenvalue weighted by Crippen LogP contribution is -1.89. The highest BCUT2D eigenvalue weighted by Crippen LogP contribution is 2.36. The average Bonchev–Trinajstić information content (AvgIpc) is 3.20. The van der Waals surface area contributed by atoms with Gasteiger partial charge in [0.15, 0.2) is 0 Å². The van der Waals surface area contributed by atoms with Crippen molar-refractivity contribution in [1.29, 1.82) is 0 Å². The second kappa shape index (κ2) is 5.20. The Hall–Kier alpha value is -3.13. The molecule has 4 aromatic rings. The monoisotopic (exact) mass is 308 g/mol. The van der Waals surface area contributed by atoms with E-state index in [1.165, 1.54) is 27.8 Å². The van der Waals surface area contributed by atoms with Crippen LogP contribution in [0.15, 0.2) is 85.1 Å². The summed E-state index contributed by atoms with van der Waals surface area (Å²) in [6, 6.07) is 27.5. The molecule has 0 spiro atoms. The second-order valence-corrected chi connectivity index (χ2v) is 6.15. The van der Waals surface area contributed by atoms with E-state index in [-0.39, 0.29) is 0 Å². The highest BCUT2D eigenvalue weighted by atomic mass is 15.1. The maximum Gasteiger partial charge on any atom is 0.141 e. The van der Waals surface area contributed by atoms with Gasteiger partial charge in [0.25, 0.3) is 0 Å². The van der Waals surface area contributed by atoms with Crippen LogP contribution in [-0.2, 0) is 6.54 Å². The van der Waals surface area contributed by atoms with Gasteiger partial charge in [-0.3, -0.25) is 0 Å². The molecule has 0 unspecified atom stereocenters. The lowest BCUT2D eigenvalue weighted by atomic mass is 9.98. The van der Waals surface area contributed by atoms with E-state index in [0.717, 1.165) is 18.1 Å². The Kier molecular flexibility index (Phi) is 2.89. The van der Waals surface area contributed by atoms with Crippen molar-refractivity contribution in [2.24, 2.45) is 0 Å². The largest absolute Gasteiger partial charge is 0.326 e. The number of imidazole rings is 1. The lowest BCUT2D eigenvalue weighted by Gasteiger charge is -2.07. The quantitative estimate of drug-likeness (QED) is 0.436. The number of benzene rings is 3. The van der Waals surface area contributed by atoms with Crippen LogP contribution in [0.3, 0.4) is 0 Å². The number of nitrogens with zero attached hydrogens (tertiary/aromatic N) is 2. The van der Waals surface area contributed by atoms with Crippen molar-refractivity contribution in [3.8, 4) is 33.8 Å². The Morgan fingerprint density at radius 2 is 1.33 bits per heavy atom. The van der Waals surface area contributed by atoms with Crippen LogP contribution in [0.25, 0.3) is 33.8 Å². The molecule has 1 aromatic heterocycles. The number of fused-ring (bicyclic) bond motifs is 3. The topological polar surface area (TPSA) is 17.8 Å². The molecular formula is C22H16N2. The summed E-state index contributed by atoms with van der Waals surface area (Å²) in [5.74, 6) is 1.07. The fourth-order valence-electron chi connectivity index (χ4n) is 3.52. The first-order chi connectivity index (χ1) is 11.9. The lowest BCUT2D eigenvalue weighted by molar-refractivity contribution is 0.848. The Labute approximate surface area is 141 Å². The maximum absolute atomic E-state index is 4.95. The van der Waals surface area contributed by atoms with Gasteiger partial charge in [0.2, 0.25) is 0 Å². The summed E-state index contributed by atoms with van der Waals surface area (Å²) < 4.78 is 2.25. The van der Waals surface area contributed by atoms with Gasteiger partial charge < -0.3 is 4.57 Å². The summed E-state index contributed by atoms with van der Waals surface area (Å²) in [6.45, 7) is 0.909. The van der Waals surface area contributed by atoms with E-state index >= 15 is 0 Å². The minimum atomic E-state index is 0.909. The highest BCUT2D eigenvalue weighted by molar-refractivity contribution is 5.83. The Balaban J connectivity index is 1.66. The van der Waals surface area contributed by atoms with E-state index < -0.39 is 0 Å². The third kappa shape index (κ3) is 2.00. The van der Waals surface area contributed by atoms with Crippen molar-refractivity contribution in [1.82, 2.24) is 9.55 Å². The third-order valence-corrected chi connectivity index (χ3v) is 4.66. The summed E-state index contributed by atoms with van der Waals surface area (Å²) in [5, 5.41) is 0. The zero-order valence-electron chi connectivity index (χ0n) is 13.2. The predicted octanol–water partition coefficient (Wildman–Crippen LogP) is 5.25. The van der Waals surface area contributed by atoms with Crippen LogP contribution in [0.2, 0.25) is 0 Å². The van der Waals surface area contributed by atoms with Crippen LogP contribution in [0.5, 0.6) is 0 Å². The molecule has 2 heteroatoms. The van der Waals surface area contributed by atoms with Crippen LogP contribution in [-0.4, -0.2) is 9.55 Å². The first kappa shape index (κ1) is 13.3. The molecule has 3 aromatic carbocycles. The van der Waals surface area contributed by atoms with E-state index in [1.807, 2.05) is 6.07 Å². The van der Waals surface area contributed by atoms with Gasteiger partial charge in [0.1, 0.15) is 5.82 Å². The molecule has 0 radical (unpaired) electrons. The highest BCUT2D eigenvalue weighted by Gasteiger charge is 2.21. The van der Waals surface area contributed by atoms with Crippen molar-refractivity contribution >= 4 is 0 Å². The molecule has 0 saturated heterocycles. The number of hydrogen-bond donors (Lipinski definition) is 0. The van der Waals surface area contributed by atoms with Gasteiger partial charge in [-0.25, -0.2) is 4.98 Å². The second-order valence-electron chi connectivity index (χ2n) is 6.15. The smallest absolute Gasteiger partial charge is 0.141 e. The first-order valence-corrected chi connectivity index (χ1v) is 8.20. The summed E-state index contributed by atoms with van der Waals surface area (Å²) in [4.78, 5) is 4.95. The van der Waals surface area contributed by atoms with E-state index in [0.29, 0.717) is 0 Å². The summed E-state index contributed by atoms with van der Waals surface area (Å²) in [6.07, 6.45) is 2.18. The van der Waals surface area contributed by atoms with Gasteiger partial charge >= 0.3 is 0 Å². The van der Waals surface area contributed by atoms with Crippen molar-refractivity contribution < 1.29 is 0 Å². The Morgan fingerprint density at radius 3 is 2.17 bits per heavy atom. The molecule has 0 bridgehead atoms. The van der Waals surface area contributed by atoms with Crippen LogP contribution in [0.1, 0.15) is 5.56 Å².